The summed E-state index contributed by atoms with van der Waals surface area (Å²) in [5.41, 5.74) is 5.78. The van der Waals surface area contributed by atoms with Crippen LogP contribution in [0.3, 0.4) is 0 Å². The number of hydrogen-bond acceptors (Lipinski definition) is 3. The highest BCUT2D eigenvalue weighted by atomic mass is 16.4. The molecule has 0 spiro atoms. The molecule has 86 valence electrons. The smallest absolute Gasteiger partial charge is 0.303 e. The number of rotatable bonds is 7. The number of nitrogens with two attached hydrogens (primary N) is 1. The van der Waals surface area contributed by atoms with Crippen LogP contribution >= 0.6 is 0 Å². The monoisotopic (exact) mass is 214 g/mol. The highest BCUT2D eigenvalue weighted by Gasteiger charge is 2.29. The Balaban J connectivity index is 2.00. The maximum Gasteiger partial charge on any atom is 0.303 e. The van der Waals surface area contributed by atoms with Gasteiger partial charge >= 0.3 is 5.97 Å². The third-order valence-corrected chi connectivity index (χ3v) is 2.54. The van der Waals surface area contributed by atoms with E-state index in [0.29, 0.717) is 25.3 Å². The molecule has 1 aliphatic rings. The number of nitrogens with one attached hydrogen (secondary N) is 1. The van der Waals surface area contributed by atoms with Gasteiger partial charge in [-0.05, 0) is 25.2 Å². The average Bonchev–Trinajstić information content (AvgIpc) is 2.94. The SMILES string of the molecule is NC(CC(=O)NCCCC(=O)O)C1CC1. The van der Waals surface area contributed by atoms with E-state index in [4.69, 9.17) is 10.8 Å². The molecule has 4 N–H and O–H groups in total. The van der Waals surface area contributed by atoms with Gasteiger partial charge in [-0.1, -0.05) is 0 Å². The predicted molar refractivity (Wildman–Crippen MR) is 55.2 cm³/mol. The van der Waals surface area contributed by atoms with E-state index in [-0.39, 0.29) is 18.4 Å². The summed E-state index contributed by atoms with van der Waals surface area (Å²) in [6.45, 7) is 0.419. The second kappa shape index (κ2) is 5.70. The average molecular weight is 214 g/mol. The van der Waals surface area contributed by atoms with E-state index >= 15 is 0 Å². The van der Waals surface area contributed by atoms with E-state index in [1.54, 1.807) is 0 Å². The lowest BCUT2D eigenvalue weighted by molar-refractivity contribution is -0.137. The maximum absolute atomic E-state index is 11.3. The summed E-state index contributed by atoms with van der Waals surface area (Å²) in [5, 5.41) is 11.0. The Morgan fingerprint density at radius 2 is 2.13 bits per heavy atom. The fourth-order valence-electron chi connectivity index (χ4n) is 1.44. The Kier molecular flexibility index (Phi) is 4.55. The van der Waals surface area contributed by atoms with E-state index in [9.17, 15) is 9.59 Å². The third-order valence-electron chi connectivity index (χ3n) is 2.54. The largest absolute Gasteiger partial charge is 0.481 e. The van der Waals surface area contributed by atoms with Gasteiger partial charge in [0.05, 0.1) is 0 Å². The number of carboxylic acids is 1. The molecule has 0 aliphatic heterocycles. The number of hydrogen-bond donors (Lipinski definition) is 3. The van der Waals surface area contributed by atoms with Gasteiger partial charge in [0.2, 0.25) is 5.91 Å². The van der Waals surface area contributed by atoms with Crippen LogP contribution in [0.15, 0.2) is 0 Å². The fourth-order valence-corrected chi connectivity index (χ4v) is 1.44. The Hall–Kier alpha value is -1.10. The Labute approximate surface area is 89.0 Å². The summed E-state index contributed by atoms with van der Waals surface area (Å²) in [7, 11) is 0. The molecule has 0 saturated heterocycles. The molecule has 1 rings (SSSR count). The lowest BCUT2D eigenvalue weighted by Gasteiger charge is -2.09. The molecule has 1 amide bonds. The van der Waals surface area contributed by atoms with Gasteiger partial charge in [0, 0.05) is 25.4 Å². The van der Waals surface area contributed by atoms with Crippen LogP contribution in [0.25, 0.3) is 0 Å². The van der Waals surface area contributed by atoms with E-state index in [2.05, 4.69) is 5.32 Å². The first-order chi connectivity index (χ1) is 7.09. The van der Waals surface area contributed by atoms with Crippen molar-refractivity contribution < 1.29 is 14.7 Å². The molecule has 0 radical (unpaired) electrons. The number of amides is 1. The molecule has 1 aliphatic carbocycles. The van der Waals surface area contributed by atoms with Crippen LogP contribution in [0.5, 0.6) is 0 Å². The fraction of sp³-hybridized carbons (Fsp3) is 0.800. The molecule has 5 nitrogen and oxygen atoms in total. The summed E-state index contributed by atoms with van der Waals surface area (Å²) in [5.74, 6) is -0.381. The minimum absolute atomic E-state index is 0.0236. The summed E-state index contributed by atoms with van der Waals surface area (Å²) < 4.78 is 0. The van der Waals surface area contributed by atoms with Gasteiger partial charge in [0.15, 0.2) is 0 Å². The zero-order chi connectivity index (χ0) is 11.3. The molecule has 0 aromatic rings. The maximum atomic E-state index is 11.3. The van der Waals surface area contributed by atoms with Gasteiger partial charge in [0.25, 0.3) is 0 Å². The molecule has 0 aromatic carbocycles. The van der Waals surface area contributed by atoms with Crippen molar-refractivity contribution in [3.05, 3.63) is 0 Å². The Bertz CT molecular complexity index is 239. The number of aliphatic carboxylic acids is 1. The molecule has 15 heavy (non-hydrogen) atoms. The molecule has 1 unspecified atom stereocenters. The first kappa shape index (κ1) is 12.0. The van der Waals surface area contributed by atoms with E-state index in [0.717, 1.165) is 12.8 Å². The first-order valence-corrected chi connectivity index (χ1v) is 5.33. The van der Waals surface area contributed by atoms with Crippen LogP contribution in [0, 0.1) is 5.92 Å². The standard InChI is InChI=1S/C10H18N2O3/c11-8(7-3-4-7)6-9(13)12-5-1-2-10(14)15/h7-8H,1-6,11H2,(H,12,13)(H,14,15). The van der Waals surface area contributed by atoms with Crippen LogP contribution in [-0.2, 0) is 9.59 Å². The van der Waals surface area contributed by atoms with Crippen molar-refractivity contribution in [2.75, 3.05) is 6.54 Å². The second-order valence-electron chi connectivity index (χ2n) is 4.05. The van der Waals surface area contributed by atoms with Crippen LogP contribution in [-0.4, -0.2) is 29.6 Å². The van der Waals surface area contributed by atoms with Crippen LogP contribution in [0.4, 0.5) is 0 Å². The minimum atomic E-state index is -0.834. The summed E-state index contributed by atoms with van der Waals surface area (Å²) in [6, 6.07) is -0.0236. The zero-order valence-electron chi connectivity index (χ0n) is 8.74. The molecule has 1 fully saturated rings. The second-order valence-corrected chi connectivity index (χ2v) is 4.05. The summed E-state index contributed by atoms with van der Waals surface area (Å²) >= 11 is 0. The van der Waals surface area contributed by atoms with E-state index in [1.807, 2.05) is 0 Å². The molecule has 0 bridgehead atoms. The number of carbonyl (C=O) groups excluding carboxylic acids is 1. The molecular weight excluding hydrogens is 196 g/mol. The van der Waals surface area contributed by atoms with Crippen LogP contribution in [0.1, 0.15) is 32.1 Å². The summed E-state index contributed by atoms with van der Waals surface area (Å²) in [6.07, 6.45) is 3.19. The van der Waals surface area contributed by atoms with E-state index in [1.165, 1.54) is 0 Å². The van der Waals surface area contributed by atoms with Gasteiger partial charge in [-0.25, -0.2) is 0 Å². The van der Waals surface area contributed by atoms with Gasteiger partial charge in [0.1, 0.15) is 0 Å². The third kappa shape index (κ3) is 5.37. The summed E-state index contributed by atoms with van der Waals surface area (Å²) in [4.78, 5) is 21.5. The van der Waals surface area contributed by atoms with Gasteiger partial charge in [-0.2, -0.15) is 0 Å². The lowest BCUT2D eigenvalue weighted by Crippen LogP contribution is -2.33. The molecule has 0 aromatic heterocycles. The van der Waals surface area contributed by atoms with E-state index < -0.39 is 5.97 Å². The number of carboxylic acid groups (broad SMARTS) is 1. The van der Waals surface area contributed by atoms with Crippen molar-refractivity contribution in [3.8, 4) is 0 Å². The van der Waals surface area contributed by atoms with Gasteiger partial charge in [-0.3, -0.25) is 9.59 Å². The molecule has 5 heteroatoms. The van der Waals surface area contributed by atoms with Crippen molar-refractivity contribution in [3.63, 3.8) is 0 Å². The van der Waals surface area contributed by atoms with Crippen LogP contribution < -0.4 is 11.1 Å². The topological polar surface area (TPSA) is 92.4 Å². The highest BCUT2D eigenvalue weighted by molar-refractivity contribution is 5.76. The molecule has 0 heterocycles. The first-order valence-electron chi connectivity index (χ1n) is 5.33. The molecular formula is C10H18N2O3. The normalized spacial score (nSPS) is 17.1. The lowest BCUT2D eigenvalue weighted by atomic mass is 10.1. The van der Waals surface area contributed by atoms with Gasteiger partial charge in [-0.15, -0.1) is 0 Å². The van der Waals surface area contributed by atoms with Crippen LogP contribution in [0.2, 0.25) is 0 Å². The minimum Gasteiger partial charge on any atom is -0.481 e. The van der Waals surface area contributed by atoms with Crippen molar-refractivity contribution in [2.45, 2.75) is 38.1 Å². The Morgan fingerprint density at radius 3 is 2.67 bits per heavy atom. The zero-order valence-corrected chi connectivity index (χ0v) is 8.74. The number of carbonyl (C=O) groups is 2. The molecule has 1 atom stereocenters. The highest BCUT2D eigenvalue weighted by Crippen LogP contribution is 2.32. The quantitative estimate of drug-likeness (QED) is 0.524. The Morgan fingerprint density at radius 1 is 1.47 bits per heavy atom. The van der Waals surface area contributed by atoms with Crippen molar-refractivity contribution in [2.24, 2.45) is 11.7 Å². The van der Waals surface area contributed by atoms with Crippen molar-refractivity contribution in [1.82, 2.24) is 5.32 Å². The van der Waals surface area contributed by atoms with Crippen molar-refractivity contribution in [1.29, 1.82) is 0 Å². The molecule has 1 saturated carbocycles. The van der Waals surface area contributed by atoms with Crippen molar-refractivity contribution >= 4 is 11.9 Å². The van der Waals surface area contributed by atoms with Gasteiger partial charge < -0.3 is 16.2 Å². The predicted octanol–water partition coefficient (Wildman–Crippen LogP) is 0.0948.